The molecular formula is C9H13N3O4S. The molecule has 7 nitrogen and oxygen atoms in total. The third-order valence-corrected chi connectivity index (χ3v) is 2.79. The summed E-state index contributed by atoms with van der Waals surface area (Å²) >= 11 is 0. The lowest BCUT2D eigenvalue weighted by atomic mass is 10.3. The maximum absolute atomic E-state index is 11.0. The zero-order valence-corrected chi connectivity index (χ0v) is 9.74. The Hall–Kier alpha value is -1.80. The van der Waals surface area contributed by atoms with Gasteiger partial charge in [-0.1, -0.05) is 0 Å². The molecule has 0 fully saturated rings. The molecule has 0 aromatic heterocycles. The van der Waals surface area contributed by atoms with Gasteiger partial charge in [0.2, 0.25) is 10.0 Å². The number of ether oxygens (including phenoxy) is 1. The number of hydrogen-bond acceptors (Lipinski definition) is 5. The molecule has 0 saturated heterocycles. The summed E-state index contributed by atoms with van der Waals surface area (Å²) < 4.78 is 26.4. The Morgan fingerprint density at radius 2 is 1.88 bits per heavy atom. The molecule has 0 radical (unpaired) electrons. The molecule has 0 bridgehead atoms. The summed E-state index contributed by atoms with van der Waals surface area (Å²) in [5.41, 5.74) is 5.46. The van der Waals surface area contributed by atoms with Gasteiger partial charge in [0.1, 0.15) is 6.61 Å². The van der Waals surface area contributed by atoms with Crippen LogP contribution in [0.2, 0.25) is 0 Å². The highest BCUT2D eigenvalue weighted by Gasteiger charge is 2.06. The minimum absolute atomic E-state index is 0.0384. The van der Waals surface area contributed by atoms with Gasteiger partial charge in [-0.25, -0.2) is 18.4 Å². The second kappa shape index (κ2) is 5.51. The first-order valence-electron chi connectivity index (χ1n) is 4.68. The van der Waals surface area contributed by atoms with Crippen LogP contribution in [0.4, 0.5) is 10.5 Å². The van der Waals surface area contributed by atoms with Gasteiger partial charge in [0.05, 0.1) is 4.90 Å². The topological polar surface area (TPSA) is 125 Å². The second-order valence-electron chi connectivity index (χ2n) is 3.16. The van der Waals surface area contributed by atoms with Crippen LogP contribution < -0.4 is 16.2 Å². The maximum atomic E-state index is 11.0. The van der Waals surface area contributed by atoms with Crippen molar-refractivity contribution in [2.75, 3.05) is 18.5 Å². The maximum Gasteiger partial charge on any atom is 0.404 e. The molecule has 0 spiro atoms. The van der Waals surface area contributed by atoms with Crippen molar-refractivity contribution in [3.05, 3.63) is 24.3 Å². The molecular weight excluding hydrogens is 246 g/mol. The second-order valence-corrected chi connectivity index (χ2v) is 4.73. The van der Waals surface area contributed by atoms with Gasteiger partial charge in [-0.2, -0.15) is 0 Å². The summed E-state index contributed by atoms with van der Waals surface area (Å²) in [4.78, 5) is 10.3. The lowest BCUT2D eigenvalue weighted by molar-refractivity contribution is 0.161. The van der Waals surface area contributed by atoms with E-state index in [9.17, 15) is 13.2 Å². The van der Waals surface area contributed by atoms with Crippen molar-refractivity contribution >= 4 is 21.8 Å². The van der Waals surface area contributed by atoms with E-state index in [-0.39, 0.29) is 11.5 Å². The Bertz CT molecular complexity index is 483. The highest BCUT2D eigenvalue weighted by atomic mass is 32.2. The number of benzene rings is 1. The number of anilines is 1. The van der Waals surface area contributed by atoms with E-state index in [1.165, 1.54) is 12.1 Å². The molecule has 1 rings (SSSR count). The van der Waals surface area contributed by atoms with E-state index < -0.39 is 16.1 Å². The lowest BCUT2D eigenvalue weighted by Gasteiger charge is -2.06. The van der Waals surface area contributed by atoms with Gasteiger partial charge in [0.15, 0.2) is 0 Å². The number of carbonyl (C=O) groups excluding carboxylic acids is 1. The first-order valence-corrected chi connectivity index (χ1v) is 6.23. The van der Waals surface area contributed by atoms with Crippen molar-refractivity contribution in [2.24, 2.45) is 10.9 Å². The molecule has 94 valence electrons. The van der Waals surface area contributed by atoms with Crippen LogP contribution in [0.1, 0.15) is 0 Å². The molecule has 1 aromatic rings. The van der Waals surface area contributed by atoms with Crippen molar-refractivity contribution in [3.63, 3.8) is 0 Å². The minimum atomic E-state index is -3.67. The van der Waals surface area contributed by atoms with E-state index in [2.05, 4.69) is 10.1 Å². The average Bonchev–Trinajstić information content (AvgIpc) is 2.23. The molecule has 1 amide bonds. The average molecular weight is 259 g/mol. The monoisotopic (exact) mass is 259 g/mol. The molecule has 1 aromatic carbocycles. The largest absolute Gasteiger partial charge is 0.448 e. The molecule has 17 heavy (non-hydrogen) atoms. The zero-order valence-electron chi connectivity index (χ0n) is 8.92. The Labute approximate surface area is 98.8 Å². The standard InChI is InChI=1S/C9H13N3O4S/c10-9(13)16-6-5-12-7-1-3-8(4-2-7)17(11,14)15/h1-4,12H,5-6H2,(H2,10,13)(H2,11,14,15). The number of sulfonamides is 1. The molecule has 0 aliphatic heterocycles. The molecule has 0 atom stereocenters. The Morgan fingerprint density at radius 1 is 1.29 bits per heavy atom. The molecule has 0 aliphatic carbocycles. The van der Waals surface area contributed by atoms with E-state index in [4.69, 9.17) is 10.9 Å². The summed E-state index contributed by atoms with van der Waals surface area (Å²) in [5, 5.41) is 7.85. The summed E-state index contributed by atoms with van der Waals surface area (Å²) in [6.45, 7) is 0.504. The number of carbonyl (C=O) groups is 1. The number of nitrogens with one attached hydrogen (secondary N) is 1. The smallest absolute Gasteiger partial charge is 0.404 e. The van der Waals surface area contributed by atoms with Gasteiger partial charge in [-0.15, -0.1) is 0 Å². The Balaban J connectivity index is 2.49. The van der Waals surface area contributed by atoms with Crippen LogP contribution in [0.25, 0.3) is 0 Å². The molecule has 0 saturated carbocycles. The van der Waals surface area contributed by atoms with Crippen LogP contribution in [0.5, 0.6) is 0 Å². The van der Waals surface area contributed by atoms with Gasteiger partial charge in [-0.3, -0.25) is 0 Å². The van der Waals surface area contributed by atoms with Crippen molar-refractivity contribution < 1.29 is 17.9 Å². The number of hydrogen-bond donors (Lipinski definition) is 3. The minimum Gasteiger partial charge on any atom is -0.448 e. The van der Waals surface area contributed by atoms with Crippen molar-refractivity contribution in [2.45, 2.75) is 4.90 Å². The van der Waals surface area contributed by atoms with Crippen LogP contribution in [0, 0.1) is 0 Å². The lowest BCUT2D eigenvalue weighted by Crippen LogP contribution is -2.18. The van der Waals surface area contributed by atoms with Gasteiger partial charge < -0.3 is 15.8 Å². The zero-order chi connectivity index (χ0) is 12.9. The van der Waals surface area contributed by atoms with E-state index in [0.717, 1.165) is 0 Å². The third-order valence-electron chi connectivity index (χ3n) is 1.86. The van der Waals surface area contributed by atoms with Crippen molar-refractivity contribution in [3.8, 4) is 0 Å². The van der Waals surface area contributed by atoms with E-state index in [0.29, 0.717) is 12.2 Å². The normalized spacial score (nSPS) is 10.9. The molecule has 0 unspecified atom stereocenters. The van der Waals surface area contributed by atoms with Crippen LogP contribution in [-0.2, 0) is 14.8 Å². The van der Waals surface area contributed by atoms with Crippen LogP contribution in [0.15, 0.2) is 29.2 Å². The number of nitrogens with two attached hydrogens (primary N) is 2. The van der Waals surface area contributed by atoms with E-state index >= 15 is 0 Å². The van der Waals surface area contributed by atoms with Crippen LogP contribution >= 0.6 is 0 Å². The number of primary sulfonamides is 1. The predicted molar refractivity (Wildman–Crippen MR) is 61.8 cm³/mol. The summed E-state index contributed by atoms with van der Waals surface area (Å²) in [7, 11) is -3.67. The molecule has 0 aliphatic rings. The van der Waals surface area contributed by atoms with Gasteiger partial charge >= 0.3 is 6.09 Å². The summed E-state index contributed by atoms with van der Waals surface area (Å²) in [6.07, 6.45) is -0.837. The van der Waals surface area contributed by atoms with Crippen molar-refractivity contribution in [1.82, 2.24) is 0 Å². The van der Waals surface area contributed by atoms with Gasteiger partial charge in [0.25, 0.3) is 0 Å². The van der Waals surface area contributed by atoms with Gasteiger partial charge in [0, 0.05) is 12.2 Å². The number of primary amides is 1. The number of rotatable bonds is 5. The molecule has 0 heterocycles. The summed E-state index contributed by atoms with van der Waals surface area (Å²) in [6, 6.07) is 5.88. The van der Waals surface area contributed by atoms with Crippen molar-refractivity contribution in [1.29, 1.82) is 0 Å². The quantitative estimate of drug-likeness (QED) is 0.634. The fourth-order valence-corrected chi connectivity index (χ4v) is 1.62. The predicted octanol–water partition coefficient (Wildman–Crippen LogP) is -0.159. The fourth-order valence-electron chi connectivity index (χ4n) is 1.11. The SMILES string of the molecule is NC(=O)OCCNc1ccc(S(N)(=O)=O)cc1. The molecule has 8 heteroatoms. The first-order chi connectivity index (χ1) is 7.89. The highest BCUT2D eigenvalue weighted by molar-refractivity contribution is 7.89. The van der Waals surface area contributed by atoms with Crippen LogP contribution in [0.3, 0.4) is 0 Å². The van der Waals surface area contributed by atoms with E-state index in [1.54, 1.807) is 12.1 Å². The first kappa shape index (κ1) is 13.3. The Morgan fingerprint density at radius 3 is 2.35 bits per heavy atom. The highest BCUT2D eigenvalue weighted by Crippen LogP contribution is 2.12. The number of amides is 1. The third kappa shape index (κ3) is 4.70. The molecule has 5 N–H and O–H groups in total. The fraction of sp³-hybridized carbons (Fsp3) is 0.222. The van der Waals surface area contributed by atoms with Gasteiger partial charge in [-0.05, 0) is 24.3 Å². The van der Waals surface area contributed by atoms with E-state index in [1.807, 2.05) is 0 Å². The van der Waals surface area contributed by atoms with Crippen LogP contribution in [-0.4, -0.2) is 27.7 Å². The Kier molecular flexibility index (Phi) is 4.30. The summed E-state index contributed by atoms with van der Waals surface area (Å²) in [5.74, 6) is 0.